The molecule has 0 unspecified atom stereocenters. The number of aryl methyl sites for hydroxylation is 1. The second-order valence-electron chi connectivity index (χ2n) is 3.31. The summed E-state index contributed by atoms with van der Waals surface area (Å²) in [7, 11) is 0. The van der Waals surface area contributed by atoms with Crippen LogP contribution in [0, 0.1) is 18.3 Å². The number of nitrogens with zero attached hydrogens (tertiary/aromatic N) is 3. The molecule has 0 radical (unpaired) electrons. The molecule has 0 bridgehead atoms. The Morgan fingerprint density at radius 2 is 1.94 bits per heavy atom. The number of aromatic nitrogens is 2. The predicted molar refractivity (Wildman–Crippen MR) is 61.2 cm³/mol. The van der Waals surface area contributed by atoms with Crippen LogP contribution in [0.3, 0.4) is 0 Å². The van der Waals surface area contributed by atoms with Gasteiger partial charge in [-0.05, 0) is 18.6 Å². The summed E-state index contributed by atoms with van der Waals surface area (Å²) in [5.74, 6) is 0.485. The van der Waals surface area contributed by atoms with E-state index in [1.807, 2.05) is 37.3 Å². The molecule has 0 saturated heterocycles. The van der Waals surface area contributed by atoms with Crippen LogP contribution in [0.1, 0.15) is 11.3 Å². The molecular formula is C12H10N4. The van der Waals surface area contributed by atoms with Crippen molar-refractivity contribution in [1.82, 2.24) is 9.97 Å². The number of benzene rings is 1. The minimum atomic E-state index is 0.297. The maximum Gasteiger partial charge on any atom is 0.183 e. The average Bonchev–Trinajstić information content (AvgIpc) is 2.33. The molecule has 0 atom stereocenters. The molecule has 0 fully saturated rings. The van der Waals surface area contributed by atoms with Gasteiger partial charge in [0, 0.05) is 18.1 Å². The Bertz CT molecular complexity index is 543. The molecule has 1 heterocycles. The van der Waals surface area contributed by atoms with E-state index < -0.39 is 0 Å². The number of hydrogen-bond donors (Lipinski definition) is 1. The summed E-state index contributed by atoms with van der Waals surface area (Å²) in [5, 5.41) is 12.0. The number of anilines is 2. The SMILES string of the molecule is Cc1ccccc1Nc1nccnc1C#N. The first-order chi connectivity index (χ1) is 7.81. The normalized spacial score (nSPS) is 9.50. The molecule has 0 aliphatic carbocycles. The van der Waals surface area contributed by atoms with Crippen LogP contribution < -0.4 is 5.32 Å². The van der Waals surface area contributed by atoms with Gasteiger partial charge in [0.15, 0.2) is 11.5 Å². The van der Waals surface area contributed by atoms with Gasteiger partial charge in [0.2, 0.25) is 0 Å². The average molecular weight is 210 g/mol. The fourth-order valence-corrected chi connectivity index (χ4v) is 1.35. The highest BCUT2D eigenvalue weighted by Crippen LogP contribution is 2.19. The van der Waals surface area contributed by atoms with E-state index in [2.05, 4.69) is 15.3 Å². The third-order valence-electron chi connectivity index (χ3n) is 2.20. The van der Waals surface area contributed by atoms with Crippen LogP contribution in [-0.4, -0.2) is 9.97 Å². The van der Waals surface area contributed by atoms with E-state index >= 15 is 0 Å². The third-order valence-corrected chi connectivity index (χ3v) is 2.20. The lowest BCUT2D eigenvalue weighted by Gasteiger charge is -2.08. The second kappa shape index (κ2) is 4.41. The zero-order valence-electron chi connectivity index (χ0n) is 8.81. The van der Waals surface area contributed by atoms with Crippen LogP contribution in [0.15, 0.2) is 36.7 Å². The van der Waals surface area contributed by atoms with Crippen molar-refractivity contribution in [3.63, 3.8) is 0 Å². The molecule has 78 valence electrons. The van der Waals surface area contributed by atoms with E-state index in [0.717, 1.165) is 11.3 Å². The van der Waals surface area contributed by atoms with Gasteiger partial charge in [0.1, 0.15) is 6.07 Å². The Labute approximate surface area is 93.6 Å². The van der Waals surface area contributed by atoms with E-state index in [0.29, 0.717) is 11.5 Å². The minimum absolute atomic E-state index is 0.297. The van der Waals surface area contributed by atoms with Crippen LogP contribution in [0.2, 0.25) is 0 Å². The van der Waals surface area contributed by atoms with Gasteiger partial charge in [0.25, 0.3) is 0 Å². The second-order valence-corrected chi connectivity index (χ2v) is 3.31. The van der Waals surface area contributed by atoms with Crippen molar-refractivity contribution in [3.05, 3.63) is 47.9 Å². The molecule has 0 amide bonds. The van der Waals surface area contributed by atoms with Gasteiger partial charge in [-0.25, -0.2) is 9.97 Å². The van der Waals surface area contributed by atoms with Crippen molar-refractivity contribution in [2.75, 3.05) is 5.32 Å². The molecular weight excluding hydrogens is 200 g/mol. The van der Waals surface area contributed by atoms with Crippen LogP contribution in [0.5, 0.6) is 0 Å². The Balaban J connectivity index is 2.35. The van der Waals surface area contributed by atoms with E-state index in [1.54, 1.807) is 6.20 Å². The van der Waals surface area contributed by atoms with Gasteiger partial charge in [-0.1, -0.05) is 18.2 Å². The van der Waals surface area contributed by atoms with Gasteiger partial charge in [-0.15, -0.1) is 0 Å². The topological polar surface area (TPSA) is 61.6 Å². The molecule has 4 nitrogen and oxygen atoms in total. The molecule has 0 spiro atoms. The monoisotopic (exact) mass is 210 g/mol. The van der Waals surface area contributed by atoms with Crippen LogP contribution >= 0.6 is 0 Å². The number of rotatable bonds is 2. The summed E-state index contributed by atoms with van der Waals surface area (Å²) in [5.41, 5.74) is 2.32. The zero-order chi connectivity index (χ0) is 11.4. The number of nitrogens with one attached hydrogen (secondary N) is 1. The Kier molecular flexibility index (Phi) is 2.79. The molecule has 2 aromatic rings. The van der Waals surface area contributed by atoms with Gasteiger partial charge in [-0.3, -0.25) is 0 Å². The highest BCUT2D eigenvalue weighted by molar-refractivity contribution is 5.63. The molecule has 0 saturated carbocycles. The molecule has 1 N–H and O–H groups in total. The summed E-state index contributed by atoms with van der Waals surface area (Å²) in [6, 6.07) is 9.81. The molecule has 16 heavy (non-hydrogen) atoms. The third kappa shape index (κ3) is 1.98. The number of nitriles is 1. The molecule has 0 aliphatic heterocycles. The lowest BCUT2D eigenvalue weighted by atomic mass is 10.2. The van der Waals surface area contributed by atoms with E-state index in [-0.39, 0.29) is 0 Å². The smallest absolute Gasteiger partial charge is 0.183 e. The van der Waals surface area contributed by atoms with Crippen LogP contribution in [-0.2, 0) is 0 Å². The van der Waals surface area contributed by atoms with Crippen LogP contribution in [0.4, 0.5) is 11.5 Å². The summed E-state index contributed by atoms with van der Waals surface area (Å²) in [6.07, 6.45) is 3.06. The Hall–Kier alpha value is -2.41. The fourth-order valence-electron chi connectivity index (χ4n) is 1.35. The van der Waals surface area contributed by atoms with Crippen LogP contribution in [0.25, 0.3) is 0 Å². The van der Waals surface area contributed by atoms with Crippen molar-refractivity contribution in [3.8, 4) is 6.07 Å². The molecule has 1 aromatic heterocycles. The summed E-state index contributed by atoms with van der Waals surface area (Å²) in [4.78, 5) is 8.03. The predicted octanol–water partition coefficient (Wildman–Crippen LogP) is 2.40. The van der Waals surface area contributed by atoms with Crippen molar-refractivity contribution in [2.24, 2.45) is 0 Å². The van der Waals surface area contributed by atoms with E-state index in [1.165, 1.54) is 6.20 Å². The minimum Gasteiger partial charge on any atom is -0.338 e. The quantitative estimate of drug-likeness (QED) is 0.826. The molecule has 4 heteroatoms. The van der Waals surface area contributed by atoms with Crippen molar-refractivity contribution >= 4 is 11.5 Å². The first-order valence-electron chi connectivity index (χ1n) is 4.85. The van der Waals surface area contributed by atoms with Gasteiger partial charge >= 0.3 is 0 Å². The maximum atomic E-state index is 8.87. The first-order valence-corrected chi connectivity index (χ1v) is 4.85. The molecule has 1 aromatic carbocycles. The lowest BCUT2D eigenvalue weighted by molar-refractivity contribution is 1.16. The molecule has 2 rings (SSSR count). The Morgan fingerprint density at radius 1 is 1.19 bits per heavy atom. The summed E-state index contributed by atoms with van der Waals surface area (Å²) >= 11 is 0. The van der Waals surface area contributed by atoms with Crippen molar-refractivity contribution < 1.29 is 0 Å². The van der Waals surface area contributed by atoms with Gasteiger partial charge in [-0.2, -0.15) is 5.26 Å². The number of para-hydroxylation sites is 1. The highest BCUT2D eigenvalue weighted by atomic mass is 15.0. The largest absolute Gasteiger partial charge is 0.338 e. The summed E-state index contributed by atoms with van der Waals surface area (Å²) < 4.78 is 0. The first kappa shape index (κ1) is 10.1. The van der Waals surface area contributed by atoms with E-state index in [9.17, 15) is 0 Å². The summed E-state index contributed by atoms with van der Waals surface area (Å²) in [6.45, 7) is 1.99. The Morgan fingerprint density at radius 3 is 2.69 bits per heavy atom. The van der Waals surface area contributed by atoms with Gasteiger partial charge in [0.05, 0.1) is 0 Å². The lowest BCUT2D eigenvalue weighted by Crippen LogP contribution is -1.99. The maximum absolute atomic E-state index is 8.87. The van der Waals surface area contributed by atoms with Crippen molar-refractivity contribution in [1.29, 1.82) is 5.26 Å². The fraction of sp³-hybridized carbons (Fsp3) is 0.0833. The highest BCUT2D eigenvalue weighted by Gasteiger charge is 2.05. The van der Waals surface area contributed by atoms with E-state index in [4.69, 9.17) is 5.26 Å². The standard InChI is InChI=1S/C12H10N4/c1-9-4-2-3-5-10(9)16-12-11(8-13)14-6-7-15-12/h2-7H,1H3,(H,15,16). The van der Waals surface area contributed by atoms with Crippen molar-refractivity contribution in [2.45, 2.75) is 6.92 Å². The van der Waals surface area contributed by atoms with Gasteiger partial charge < -0.3 is 5.32 Å². The zero-order valence-corrected chi connectivity index (χ0v) is 8.81. The number of hydrogen-bond acceptors (Lipinski definition) is 4. The molecule has 0 aliphatic rings.